The van der Waals surface area contributed by atoms with E-state index < -0.39 is 10.1 Å². The predicted molar refractivity (Wildman–Crippen MR) is 120 cm³/mol. The third-order valence-corrected chi connectivity index (χ3v) is 5.93. The minimum atomic E-state index is -4.72. The number of benzene rings is 3. The number of aryl methyl sites for hydroxylation is 2. The molecule has 4 aromatic rings. The van der Waals surface area contributed by atoms with Crippen LogP contribution in [0.3, 0.4) is 0 Å². The number of rotatable bonds is 4. The number of anilines is 1. The molecule has 0 radical (unpaired) electrons. The van der Waals surface area contributed by atoms with Crippen LogP contribution in [-0.2, 0) is 10.1 Å². The first-order valence-corrected chi connectivity index (χ1v) is 10.9. The molecular formula is C23H19N4NaO3S. The van der Waals surface area contributed by atoms with Gasteiger partial charge in [-0.3, -0.25) is 4.98 Å². The summed E-state index contributed by atoms with van der Waals surface area (Å²) in [6.07, 6.45) is 1.58. The minimum Gasteiger partial charge on any atom is -0.744 e. The van der Waals surface area contributed by atoms with Crippen molar-refractivity contribution in [1.29, 1.82) is 0 Å². The maximum atomic E-state index is 11.7. The van der Waals surface area contributed by atoms with Gasteiger partial charge in [-0.05, 0) is 43.2 Å². The summed E-state index contributed by atoms with van der Waals surface area (Å²) in [5, 5.41) is 8.91. The van der Waals surface area contributed by atoms with Crippen molar-refractivity contribution in [2.24, 2.45) is 10.2 Å². The third kappa shape index (κ3) is 4.74. The van der Waals surface area contributed by atoms with Gasteiger partial charge in [0.25, 0.3) is 0 Å². The summed E-state index contributed by atoms with van der Waals surface area (Å²) < 4.78 is 35.2. The summed E-state index contributed by atoms with van der Waals surface area (Å²) in [5.41, 5.74) is 11.1. The average Bonchev–Trinajstić information content (AvgIpc) is 2.73. The monoisotopic (exact) mass is 454 g/mol. The van der Waals surface area contributed by atoms with E-state index >= 15 is 0 Å². The predicted octanol–water partition coefficient (Wildman–Crippen LogP) is 2.42. The van der Waals surface area contributed by atoms with E-state index in [0.717, 1.165) is 28.5 Å². The van der Waals surface area contributed by atoms with Gasteiger partial charge in [0.1, 0.15) is 21.5 Å². The Morgan fingerprint density at radius 1 is 0.906 bits per heavy atom. The van der Waals surface area contributed by atoms with Crippen LogP contribution in [0.2, 0.25) is 0 Å². The van der Waals surface area contributed by atoms with Crippen molar-refractivity contribution >= 4 is 38.0 Å². The summed E-state index contributed by atoms with van der Waals surface area (Å²) in [6.45, 7) is 4.06. The zero-order chi connectivity index (χ0) is 22.2. The number of nitrogens with two attached hydrogens (primary N) is 1. The largest absolute Gasteiger partial charge is 1.00 e. The number of hydrogen-bond acceptors (Lipinski definition) is 7. The van der Waals surface area contributed by atoms with Gasteiger partial charge in [-0.25, -0.2) is 8.42 Å². The number of hydrogen-bond donors (Lipinski definition) is 1. The summed E-state index contributed by atoms with van der Waals surface area (Å²) in [7, 11) is -4.72. The van der Waals surface area contributed by atoms with Crippen LogP contribution in [0.1, 0.15) is 11.1 Å². The minimum absolute atomic E-state index is 0. The number of fused-ring (bicyclic) bond motifs is 1. The van der Waals surface area contributed by atoms with E-state index in [0.29, 0.717) is 11.1 Å². The molecule has 1 aromatic heterocycles. The van der Waals surface area contributed by atoms with Crippen LogP contribution in [0, 0.1) is 13.8 Å². The smallest absolute Gasteiger partial charge is 0.744 e. The zero-order valence-electron chi connectivity index (χ0n) is 17.9. The SMILES string of the molecule is Cc1cccc(C)c1-c1ccc(N=Nc2cc(S(=O)(=O)[O-])c3ccccc3c2N)cn1.[Na+]. The van der Waals surface area contributed by atoms with Gasteiger partial charge >= 0.3 is 29.6 Å². The van der Waals surface area contributed by atoms with Crippen LogP contribution in [0.15, 0.2) is 82.0 Å². The molecule has 0 aliphatic carbocycles. The molecule has 9 heteroatoms. The normalized spacial score (nSPS) is 11.6. The van der Waals surface area contributed by atoms with E-state index in [-0.39, 0.29) is 51.2 Å². The van der Waals surface area contributed by atoms with Crippen molar-refractivity contribution in [3.05, 3.63) is 78.0 Å². The molecule has 0 saturated carbocycles. The van der Waals surface area contributed by atoms with Gasteiger partial charge in [0.05, 0.1) is 22.5 Å². The molecular weight excluding hydrogens is 435 g/mol. The standard InChI is InChI=1S/C23H20N4O3S.Na/c1-14-6-5-7-15(2)22(14)19-11-10-16(13-25-19)26-27-20-12-21(31(28,29)30)17-8-3-4-9-18(17)23(20)24;/h3-13H,24H2,1-2H3,(H,28,29,30);/q;+1/p-1. The second kappa shape index (κ2) is 9.48. The molecule has 0 aliphatic rings. The molecule has 2 N–H and O–H groups in total. The van der Waals surface area contributed by atoms with Gasteiger partial charge in [-0.2, -0.15) is 0 Å². The second-order valence-electron chi connectivity index (χ2n) is 7.18. The first kappa shape index (κ1) is 24.0. The number of nitrogen functional groups attached to an aromatic ring is 1. The van der Waals surface area contributed by atoms with Crippen LogP contribution < -0.4 is 35.3 Å². The Balaban J connectivity index is 0.00000289. The molecule has 0 amide bonds. The summed E-state index contributed by atoms with van der Waals surface area (Å²) in [4.78, 5) is 4.10. The fraction of sp³-hybridized carbons (Fsp3) is 0.0870. The first-order valence-electron chi connectivity index (χ1n) is 9.47. The second-order valence-corrected chi connectivity index (χ2v) is 8.52. The Morgan fingerprint density at radius 3 is 2.16 bits per heavy atom. The van der Waals surface area contributed by atoms with Crippen molar-refractivity contribution in [2.75, 3.05) is 5.73 Å². The Kier molecular flexibility index (Phi) is 7.12. The van der Waals surface area contributed by atoms with E-state index in [4.69, 9.17) is 5.73 Å². The molecule has 156 valence electrons. The van der Waals surface area contributed by atoms with E-state index in [1.54, 1.807) is 30.5 Å². The van der Waals surface area contributed by atoms with Gasteiger partial charge in [0.2, 0.25) is 0 Å². The van der Waals surface area contributed by atoms with Crippen molar-refractivity contribution in [3.63, 3.8) is 0 Å². The number of azo groups is 1. The zero-order valence-corrected chi connectivity index (χ0v) is 20.7. The molecule has 7 nitrogen and oxygen atoms in total. The topological polar surface area (TPSA) is 121 Å². The van der Waals surface area contributed by atoms with Crippen LogP contribution >= 0.6 is 0 Å². The van der Waals surface area contributed by atoms with Gasteiger partial charge in [-0.15, -0.1) is 10.2 Å². The number of pyridine rings is 1. The summed E-state index contributed by atoms with van der Waals surface area (Å²) in [5.74, 6) is 0. The first-order chi connectivity index (χ1) is 14.8. The molecule has 1 heterocycles. The van der Waals surface area contributed by atoms with Crippen molar-refractivity contribution in [1.82, 2.24) is 4.98 Å². The maximum absolute atomic E-state index is 11.7. The molecule has 0 aliphatic heterocycles. The summed E-state index contributed by atoms with van der Waals surface area (Å²) in [6, 6.07) is 17.3. The van der Waals surface area contributed by atoms with Crippen LogP contribution in [0.4, 0.5) is 17.1 Å². The van der Waals surface area contributed by atoms with E-state index in [2.05, 4.69) is 15.2 Å². The fourth-order valence-corrected chi connectivity index (χ4v) is 4.27. The average molecular weight is 454 g/mol. The quantitative estimate of drug-likeness (QED) is 0.220. The number of nitrogens with zero attached hydrogens (tertiary/aromatic N) is 3. The van der Waals surface area contributed by atoms with Crippen molar-refractivity contribution in [3.8, 4) is 11.3 Å². The van der Waals surface area contributed by atoms with Crippen molar-refractivity contribution < 1.29 is 42.5 Å². The maximum Gasteiger partial charge on any atom is 1.00 e. The van der Waals surface area contributed by atoms with Crippen molar-refractivity contribution in [2.45, 2.75) is 18.7 Å². The molecule has 32 heavy (non-hydrogen) atoms. The van der Waals surface area contributed by atoms with Gasteiger partial charge in [-0.1, -0.05) is 42.5 Å². The molecule has 0 unspecified atom stereocenters. The third-order valence-electron chi connectivity index (χ3n) is 5.05. The molecule has 0 fully saturated rings. The number of aromatic nitrogens is 1. The fourth-order valence-electron chi connectivity index (χ4n) is 3.56. The van der Waals surface area contributed by atoms with Crippen LogP contribution in [-0.4, -0.2) is 18.0 Å². The van der Waals surface area contributed by atoms with E-state index in [9.17, 15) is 13.0 Å². The van der Waals surface area contributed by atoms with E-state index in [1.807, 2.05) is 38.1 Å². The van der Waals surface area contributed by atoms with Gasteiger partial charge in [0, 0.05) is 16.3 Å². The Bertz CT molecular complexity index is 1420. The molecule has 0 bridgehead atoms. The Morgan fingerprint density at radius 2 is 1.56 bits per heavy atom. The molecule has 0 saturated heterocycles. The van der Waals surface area contributed by atoms with Gasteiger partial charge < -0.3 is 10.3 Å². The summed E-state index contributed by atoms with van der Waals surface area (Å²) >= 11 is 0. The molecule has 0 spiro atoms. The molecule has 4 rings (SSSR count). The van der Waals surface area contributed by atoms with Gasteiger partial charge in [0.15, 0.2) is 0 Å². The van der Waals surface area contributed by atoms with E-state index in [1.165, 1.54) is 6.07 Å². The molecule has 0 atom stereocenters. The molecule has 3 aromatic carbocycles. The van der Waals surface area contributed by atoms with Crippen LogP contribution in [0.25, 0.3) is 22.0 Å². The Labute approximate surface area is 208 Å². The Hall–Kier alpha value is -2.62. The van der Waals surface area contributed by atoms with Crippen LogP contribution in [0.5, 0.6) is 0 Å².